The normalized spacial score (nSPS) is 16.9. The minimum Gasteiger partial charge on any atom is -0.496 e. The molecule has 0 aliphatic heterocycles. The molecule has 0 amide bonds. The molecule has 0 radical (unpaired) electrons. The van der Waals surface area contributed by atoms with Gasteiger partial charge in [0.25, 0.3) is 11.3 Å². The van der Waals surface area contributed by atoms with Gasteiger partial charge in [0.2, 0.25) is 0 Å². The van der Waals surface area contributed by atoms with Gasteiger partial charge in [-0.05, 0) is 68.0 Å². The van der Waals surface area contributed by atoms with Crippen molar-refractivity contribution in [2.24, 2.45) is 0 Å². The maximum absolute atomic E-state index is 13.9. The van der Waals surface area contributed by atoms with Crippen molar-refractivity contribution < 1.29 is 17.9 Å². The monoisotopic (exact) mass is 420 g/mol. The Morgan fingerprint density at radius 2 is 2.03 bits per heavy atom. The predicted octanol–water partition coefficient (Wildman–Crippen LogP) is 4.09. The number of benzene rings is 2. The van der Waals surface area contributed by atoms with Crippen molar-refractivity contribution >= 4 is 17.0 Å². The highest BCUT2D eigenvalue weighted by atomic mass is 32.2. The van der Waals surface area contributed by atoms with Gasteiger partial charge in [0, 0.05) is 12.6 Å². The zero-order chi connectivity index (χ0) is 20.6. The van der Waals surface area contributed by atoms with Crippen molar-refractivity contribution in [3.63, 3.8) is 0 Å². The fourth-order valence-electron chi connectivity index (χ4n) is 3.92. The smallest absolute Gasteiger partial charge is 0.261 e. The topological polar surface area (TPSA) is 61.8 Å². The average molecular weight is 421 g/mol. The molecule has 0 bridgehead atoms. The molecule has 0 saturated carbocycles. The first-order chi connectivity index (χ1) is 14.1. The SMILES string of the molecule is COc1cccc2c1CC(NCCCCCN(c1ccccc1F)S(=O)O)CC2. The van der Waals surface area contributed by atoms with E-state index in [1.807, 2.05) is 6.07 Å². The molecule has 0 fully saturated rings. The summed E-state index contributed by atoms with van der Waals surface area (Å²) in [5.41, 5.74) is 2.86. The summed E-state index contributed by atoms with van der Waals surface area (Å²) in [6, 6.07) is 12.8. The van der Waals surface area contributed by atoms with E-state index in [0.717, 1.165) is 50.8 Å². The molecular formula is C22H29FN2O3S. The summed E-state index contributed by atoms with van der Waals surface area (Å²) >= 11 is -2.23. The molecule has 5 nitrogen and oxygen atoms in total. The lowest BCUT2D eigenvalue weighted by Crippen LogP contribution is -2.35. The molecule has 0 saturated heterocycles. The third-order valence-corrected chi connectivity index (χ3v) is 6.20. The molecule has 2 N–H and O–H groups in total. The maximum atomic E-state index is 13.9. The Morgan fingerprint density at radius 1 is 1.21 bits per heavy atom. The molecule has 1 aliphatic rings. The Labute approximate surface area is 174 Å². The summed E-state index contributed by atoms with van der Waals surface area (Å²) < 4.78 is 41.7. The van der Waals surface area contributed by atoms with Gasteiger partial charge in [0.15, 0.2) is 0 Å². The van der Waals surface area contributed by atoms with Crippen molar-refractivity contribution in [1.29, 1.82) is 0 Å². The van der Waals surface area contributed by atoms with E-state index in [-0.39, 0.29) is 5.69 Å². The highest BCUT2D eigenvalue weighted by Crippen LogP contribution is 2.29. The van der Waals surface area contributed by atoms with E-state index in [9.17, 15) is 13.2 Å². The number of nitrogens with zero attached hydrogens (tertiary/aromatic N) is 1. The molecule has 0 spiro atoms. The van der Waals surface area contributed by atoms with E-state index in [1.54, 1.807) is 19.2 Å². The molecule has 7 heteroatoms. The second kappa shape index (κ2) is 10.7. The highest BCUT2D eigenvalue weighted by Gasteiger charge is 2.21. The number of aryl methyl sites for hydroxylation is 1. The summed E-state index contributed by atoms with van der Waals surface area (Å²) in [5.74, 6) is 0.490. The fourth-order valence-corrected chi connectivity index (χ4v) is 4.52. The van der Waals surface area contributed by atoms with Crippen LogP contribution in [0, 0.1) is 5.82 Å². The molecule has 29 heavy (non-hydrogen) atoms. The molecular weight excluding hydrogens is 391 g/mol. The van der Waals surface area contributed by atoms with E-state index >= 15 is 0 Å². The van der Waals surface area contributed by atoms with Gasteiger partial charge in [-0.1, -0.05) is 30.7 Å². The van der Waals surface area contributed by atoms with E-state index in [0.29, 0.717) is 12.6 Å². The Morgan fingerprint density at radius 3 is 2.79 bits per heavy atom. The number of rotatable bonds is 10. The predicted molar refractivity (Wildman–Crippen MR) is 115 cm³/mol. The molecule has 2 aromatic rings. The molecule has 1 aliphatic carbocycles. The Bertz CT molecular complexity index is 819. The number of anilines is 1. The van der Waals surface area contributed by atoms with Crippen molar-refractivity contribution in [3.8, 4) is 5.75 Å². The average Bonchev–Trinajstić information content (AvgIpc) is 2.73. The molecule has 3 rings (SSSR count). The quantitative estimate of drug-likeness (QED) is 0.449. The van der Waals surface area contributed by atoms with Crippen LogP contribution in [0.4, 0.5) is 10.1 Å². The van der Waals surface area contributed by atoms with Crippen LogP contribution in [0.5, 0.6) is 5.75 Å². The number of para-hydroxylation sites is 1. The fraction of sp³-hybridized carbons (Fsp3) is 0.455. The maximum Gasteiger partial charge on any atom is 0.261 e. The summed E-state index contributed by atoms with van der Waals surface area (Å²) in [6.45, 7) is 1.25. The minimum atomic E-state index is -2.23. The number of halogens is 1. The van der Waals surface area contributed by atoms with Gasteiger partial charge >= 0.3 is 0 Å². The third kappa shape index (κ3) is 5.78. The van der Waals surface area contributed by atoms with Crippen LogP contribution in [-0.2, 0) is 24.1 Å². The number of methoxy groups -OCH3 is 1. The first-order valence-corrected chi connectivity index (χ1v) is 11.2. The van der Waals surface area contributed by atoms with Gasteiger partial charge in [-0.2, -0.15) is 0 Å². The van der Waals surface area contributed by atoms with Gasteiger partial charge in [-0.3, -0.25) is 8.86 Å². The number of hydrogen-bond donors (Lipinski definition) is 2. The summed E-state index contributed by atoms with van der Waals surface area (Å²) in [6.07, 6.45) is 5.75. The van der Waals surface area contributed by atoms with Crippen LogP contribution in [0.3, 0.4) is 0 Å². The number of nitrogens with one attached hydrogen (secondary N) is 1. The number of hydrogen-bond acceptors (Lipinski definition) is 3. The number of ether oxygens (including phenoxy) is 1. The molecule has 2 aromatic carbocycles. The summed E-state index contributed by atoms with van der Waals surface area (Å²) in [5, 5.41) is 3.63. The second-order valence-electron chi connectivity index (χ2n) is 7.34. The zero-order valence-corrected chi connectivity index (χ0v) is 17.6. The number of unbranched alkanes of at least 4 members (excludes halogenated alkanes) is 2. The zero-order valence-electron chi connectivity index (χ0n) is 16.8. The van der Waals surface area contributed by atoms with Crippen LogP contribution in [0.2, 0.25) is 0 Å². The lowest BCUT2D eigenvalue weighted by Gasteiger charge is -2.27. The summed E-state index contributed by atoms with van der Waals surface area (Å²) in [4.78, 5) is 0. The Kier molecular flexibility index (Phi) is 8.03. The molecule has 0 aromatic heterocycles. The van der Waals surface area contributed by atoms with E-state index < -0.39 is 17.1 Å². The van der Waals surface area contributed by atoms with Gasteiger partial charge in [-0.25, -0.2) is 8.60 Å². The highest BCUT2D eigenvalue weighted by molar-refractivity contribution is 7.80. The van der Waals surface area contributed by atoms with Crippen molar-refractivity contribution in [3.05, 3.63) is 59.4 Å². The minimum absolute atomic E-state index is 0.168. The van der Waals surface area contributed by atoms with Crippen LogP contribution < -0.4 is 14.4 Å². The first kappa shape index (κ1) is 21.7. The van der Waals surface area contributed by atoms with Crippen molar-refractivity contribution in [2.75, 3.05) is 24.5 Å². The van der Waals surface area contributed by atoms with Crippen LogP contribution in [-0.4, -0.2) is 35.0 Å². The molecule has 2 atom stereocenters. The van der Waals surface area contributed by atoms with Crippen LogP contribution >= 0.6 is 0 Å². The van der Waals surface area contributed by atoms with Crippen molar-refractivity contribution in [2.45, 2.75) is 44.6 Å². The summed E-state index contributed by atoms with van der Waals surface area (Å²) in [7, 11) is 1.72. The van der Waals surface area contributed by atoms with Crippen molar-refractivity contribution in [1.82, 2.24) is 5.32 Å². The van der Waals surface area contributed by atoms with Gasteiger partial charge in [-0.15, -0.1) is 0 Å². The van der Waals surface area contributed by atoms with Gasteiger partial charge in [0.1, 0.15) is 11.6 Å². The van der Waals surface area contributed by atoms with Gasteiger partial charge in [0.05, 0.1) is 12.8 Å². The van der Waals surface area contributed by atoms with E-state index in [4.69, 9.17) is 4.74 Å². The standard InChI is InChI=1S/C22H29FN2O3S/c1-28-22-11-7-8-17-12-13-18(16-19(17)22)24-14-5-2-6-15-25(29(26)27)21-10-4-3-9-20(21)23/h3-4,7-11,18,24H,2,5-6,12-16H2,1H3,(H,26,27). The van der Waals surface area contributed by atoms with Crippen LogP contribution in [0.25, 0.3) is 0 Å². The van der Waals surface area contributed by atoms with Gasteiger partial charge < -0.3 is 10.1 Å². The largest absolute Gasteiger partial charge is 0.496 e. The molecule has 158 valence electrons. The van der Waals surface area contributed by atoms with Crippen LogP contribution in [0.15, 0.2) is 42.5 Å². The third-order valence-electron chi connectivity index (χ3n) is 5.44. The molecule has 2 unspecified atom stereocenters. The first-order valence-electron chi connectivity index (χ1n) is 10.1. The Balaban J connectivity index is 1.40. The van der Waals surface area contributed by atoms with E-state index in [2.05, 4.69) is 17.4 Å². The lowest BCUT2D eigenvalue weighted by molar-refractivity contribution is 0.393. The number of fused-ring (bicyclic) bond motifs is 1. The lowest BCUT2D eigenvalue weighted by atomic mass is 9.87. The molecule has 0 heterocycles. The second-order valence-corrected chi connectivity index (χ2v) is 8.24. The Hall–Kier alpha value is -1.96. The van der Waals surface area contributed by atoms with Crippen LogP contribution in [0.1, 0.15) is 36.8 Å². The van der Waals surface area contributed by atoms with E-state index in [1.165, 1.54) is 27.6 Å².